The van der Waals surface area contributed by atoms with Gasteiger partial charge in [-0.2, -0.15) is 0 Å². The first-order valence-electron chi connectivity index (χ1n) is 12.3. The molecule has 5 rings (SSSR count). The summed E-state index contributed by atoms with van der Waals surface area (Å²) in [5, 5.41) is 0. The Labute approximate surface area is 189 Å². The van der Waals surface area contributed by atoms with E-state index in [0.29, 0.717) is 24.9 Å². The molecule has 1 saturated carbocycles. The molecular weight excluding hydrogens is 409 g/mol. The fourth-order valence-electron chi connectivity index (χ4n) is 6.46. The van der Waals surface area contributed by atoms with E-state index in [4.69, 9.17) is 4.74 Å². The molecule has 1 unspecified atom stereocenters. The number of fused-ring (bicyclic) bond motifs is 2. The number of ketones is 1. The van der Waals surface area contributed by atoms with Crippen LogP contribution in [-0.4, -0.2) is 73.1 Å². The summed E-state index contributed by atoms with van der Waals surface area (Å²) < 4.78 is 19.4. The summed E-state index contributed by atoms with van der Waals surface area (Å²) in [6, 6.07) is 5.60. The van der Waals surface area contributed by atoms with Crippen LogP contribution in [0.1, 0.15) is 57.4 Å². The Kier molecular flexibility index (Phi) is 5.86. The topological polar surface area (TPSA) is 53.1 Å². The van der Waals surface area contributed by atoms with Crippen LogP contribution in [0.2, 0.25) is 0 Å². The number of carbonyl (C=O) groups is 2. The Hall–Kier alpha value is -2.15. The molecule has 0 radical (unpaired) electrons. The molecule has 1 aromatic rings. The molecule has 1 aromatic carbocycles. The van der Waals surface area contributed by atoms with Crippen LogP contribution in [0.5, 0.6) is 0 Å². The predicted octanol–water partition coefficient (Wildman–Crippen LogP) is 3.72. The number of carbonyl (C=O) groups excluding carboxylic acids is 2. The number of benzene rings is 1. The molecule has 0 bridgehead atoms. The second kappa shape index (κ2) is 8.65. The Morgan fingerprint density at radius 1 is 1.16 bits per heavy atom. The molecule has 1 aliphatic carbocycles. The molecule has 6 nitrogen and oxygen atoms in total. The lowest BCUT2D eigenvalue weighted by Crippen LogP contribution is -2.52. The highest BCUT2D eigenvalue weighted by atomic mass is 19.1. The second-order valence-corrected chi connectivity index (χ2v) is 9.90. The van der Waals surface area contributed by atoms with Crippen molar-refractivity contribution in [3.05, 3.63) is 29.6 Å². The van der Waals surface area contributed by atoms with Crippen LogP contribution in [0.3, 0.4) is 0 Å². The number of anilines is 1. The summed E-state index contributed by atoms with van der Waals surface area (Å²) in [5.41, 5.74) is 2.11. The van der Waals surface area contributed by atoms with Crippen LogP contribution < -0.4 is 4.90 Å². The third-order valence-corrected chi connectivity index (χ3v) is 8.22. The average Bonchev–Trinajstić information content (AvgIpc) is 3.36. The number of rotatable bonds is 3. The van der Waals surface area contributed by atoms with Gasteiger partial charge in [0.05, 0.1) is 12.6 Å². The van der Waals surface area contributed by atoms with Gasteiger partial charge in [-0.25, -0.2) is 9.18 Å². The van der Waals surface area contributed by atoms with Gasteiger partial charge >= 0.3 is 6.09 Å². The van der Waals surface area contributed by atoms with Gasteiger partial charge in [0, 0.05) is 43.2 Å². The third-order valence-electron chi connectivity index (χ3n) is 8.22. The Balaban J connectivity index is 1.26. The molecule has 0 aromatic heterocycles. The predicted molar refractivity (Wildman–Crippen MR) is 120 cm³/mol. The lowest BCUT2D eigenvalue weighted by Gasteiger charge is -2.45. The Morgan fingerprint density at radius 2 is 1.91 bits per heavy atom. The van der Waals surface area contributed by atoms with E-state index in [1.165, 1.54) is 6.07 Å². The zero-order valence-electron chi connectivity index (χ0n) is 19.0. The molecule has 32 heavy (non-hydrogen) atoms. The van der Waals surface area contributed by atoms with Crippen molar-refractivity contribution in [3.8, 4) is 0 Å². The average molecular weight is 444 g/mol. The van der Waals surface area contributed by atoms with Crippen LogP contribution >= 0.6 is 0 Å². The van der Waals surface area contributed by atoms with E-state index in [9.17, 15) is 14.0 Å². The summed E-state index contributed by atoms with van der Waals surface area (Å²) >= 11 is 0. The van der Waals surface area contributed by atoms with E-state index in [2.05, 4.69) is 9.80 Å². The molecule has 1 spiro atoms. The number of ether oxygens (including phenoxy) is 1. The Bertz CT molecular complexity index is 875. The highest BCUT2D eigenvalue weighted by Crippen LogP contribution is 2.49. The van der Waals surface area contributed by atoms with Crippen LogP contribution in [0, 0.1) is 5.82 Å². The number of amides is 1. The minimum absolute atomic E-state index is 0.0381. The van der Waals surface area contributed by atoms with Crippen molar-refractivity contribution in [2.45, 2.75) is 69.4 Å². The number of halogens is 1. The van der Waals surface area contributed by atoms with Crippen molar-refractivity contribution in [1.82, 2.24) is 9.80 Å². The quantitative estimate of drug-likeness (QED) is 0.713. The minimum atomic E-state index is -0.199. The van der Waals surface area contributed by atoms with Crippen LogP contribution in [0.4, 0.5) is 14.9 Å². The molecule has 3 fully saturated rings. The summed E-state index contributed by atoms with van der Waals surface area (Å²) in [6.07, 6.45) is 6.26. The highest BCUT2D eigenvalue weighted by molar-refractivity contribution is 5.90. The van der Waals surface area contributed by atoms with Crippen molar-refractivity contribution >= 4 is 17.6 Å². The van der Waals surface area contributed by atoms with Crippen molar-refractivity contribution in [1.29, 1.82) is 0 Å². The standard InChI is InChI=1S/C25H34FN3O3/c1-2-32-24(31)28-12-8-19(9-13-28)27-14-10-25(11-15-27)17-29(22-4-3-5-23(22)30)21-7-6-18(26)16-20(21)25/h6-7,16,19,22H,2-5,8-15,17H2,1H3. The number of piperidine rings is 2. The maximum Gasteiger partial charge on any atom is 0.409 e. The normalized spacial score (nSPS) is 26.1. The fraction of sp³-hybridized carbons (Fsp3) is 0.680. The van der Waals surface area contributed by atoms with Gasteiger partial charge in [-0.15, -0.1) is 0 Å². The zero-order chi connectivity index (χ0) is 22.3. The van der Waals surface area contributed by atoms with Gasteiger partial charge in [-0.3, -0.25) is 4.79 Å². The van der Waals surface area contributed by atoms with Crippen LogP contribution in [0.15, 0.2) is 18.2 Å². The lowest BCUT2D eigenvalue weighted by atomic mass is 9.74. The van der Waals surface area contributed by atoms with Gasteiger partial charge < -0.3 is 19.4 Å². The molecule has 1 atom stereocenters. The molecule has 4 aliphatic rings. The summed E-state index contributed by atoms with van der Waals surface area (Å²) in [6.45, 7) is 6.54. The first kappa shape index (κ1) is 21.7. The zero-order valence-corrected chi connectivity index (χ0v) is 19.0. The smallest absolute Gasteiger partial charge is 0.409 e. The first-order valence-corrected chi connectivity index (χ1v) is 12.3. The molecule has 2 saturated heterocycles. The lowest BCUT2D eigenvalue weighted by molar-refractivity contribution is -0.118. The molecule has 7 heteroatoms. The van der Waals surface area contributed by atoms with Crippen molar-refractivity contribution in [3.63, 3.8) is 0 Å². The van der Waals surface area contributed by atoms with E-state index >= 15 is 0 Å². The first-order chi connectivity index (χ1) is 15.5. The van der Waals surface area contributed by atoms with Crippen LogP contribution in [-0.2, 0) is 14.9 Å². The fourth-order valence-corrected chi connectivity index (χ4v) is 6.46. The van der Waals surface area contributed by atoms with E-state index in [0.717, 1.165) is 82.5 Å². The summed E-state index contributed by atoms with van der Waals surface area (Å²) in [5.74, 6) is 0.152. The SMILES string of the molecule is CCOC(=O)N1CCC(N2CCC3(CC2)CN(C2CCCC2=O)c2ccc(F)cc23)CC1. The van der Waals surface area contributed by atoms with Crippen molar-refractivity contribution in [2.24, 2.45) is 0 Å². The minimum Gasteiger partial charge on any atom is -0.450 e. The summed E-state index contributed by atoms with van der Waals surface area (Å²) in [7, 11) is 0. The van der Waals surface area contributed by atoms with Gasteiger partial charge in [0.1, 0.15) is 5.82 Å². The molecule has 0 N–H and O–H groups in total. The largest absolute Gasteiger partial charge is 0.450 e. The van der Waals surface area contributed by atoms with Gasteiger partial charge in [0.2, 0.25) is 0 Å². The van der Waals surface area contributed by atoms with E-state index in [1.54, 1.807) is 6.07 Å². The highest BCUT2D eigenvalue weighted by Gasteiger charge is 2.48. The van der Waals surface area contributed by atoms with Crippen molar-refractivity contribution in [2.75, 3.05) is 44.2 Å². The molecule has 1 amide bonds. The van der Waals surface area contributed by atoms with Gasteiger partial charge in [0.15, 0.2) is 5.78 Å². The summed E-state index contributed by atoms with van der Waals surface area (Å²) in [4.78, 5) is 31.2. The van der Waals surface area contributed by atoms with E-state index in [-0.39, 0.29) is 23.4 Å². The van der Waals surface area contributed by atoms with E-state index < -0.39 is 0 Å². The number of hydrogen-bond donors (Lipinski definition) is 0. The third kappa shape index (κ3) is 3.78. The number of nitrogens with zero attached hydrogens (tertiary/aromatic N) is 3. The Morgan fingerprint density at radius 3 is 2.56 bits per heavy atom. The molecular formula is C25H34FN3O3. The number of likely N-dealkylation sites (tertiary alicyclic amines) is 2. The monoisotopic (exact) mass is 443 g/mol. The van der Waals surface area contributed by atoms with Gasteiger partial charge in [-0.05, 0) is 82.3 Å². The molecule has 3 aliphatic heterocycles. The van der Waals surface area contributed by atoms with Crippen LogP contribution in [0.25, 0.3) is 0 Å². The second-order valence-electron chi connectivity index (χ2n) is 9.90. The number of hydrogen-bond acceptors (Lipinski definition) is 5. The molecule has 3 heterocycles. The maximum absolute atomic E-state index is 14.3. The van der Waals surface area contributed by atoms with Gasteiger partial charge in [-0.1, -0.05) is 0 Å². The van der Waals surface area contributed by atoms with E-state index in [1.807, 2.05) is 17.9 Å². The molecule has 174 valence electrons. The number of Topliss-reactive ketones (excluding diaryl/α,β-unsaturated/α-hetero) is 1. The van der Waals surface area contributed by atoms with Gasteiger partial charge in [0.25, 0.3) is 0 Å². The maximum atomic E-state index is 14.3. The van der Waals surface area contributed by atoms with Crippen molar-refractivity contribution < 1.29 is 18.7 Å².